The highest BCUT2D eigenvalue weighted by Crippen LogP contribution is 2.28. The van der Waals surface area contributed by atoms with Gasteiger partial charge in [0.05, 0.1) is 12.3 Å². The quantitative estimate of drug-likeness (QED) is 0.839. The van der Waals surface area contributed by atoms with Gasteiger partial charge in [0.25, 0.3) is 0 Å². The fraction of sp³-hybridized carbons (Fsp3) is 0.0833. The highest BCUT2D eigenvalue weighted by Gasteiger charge is 2.12. The summed E-state index contributed by atoms with van der Waals surface area (Å²) in [6.45, 7) is -0.254. The standard InChI is InChI=1S/C12H10F2N2O/c13-10-3-1-2-8(11(10)14)9-5-4-7(6-17)16-12(9)15/h1-5,17H,6H2,(H2,15,16). The molecule has 0 amide bonds. The summed E-state index contributed by atoms with van der Waals surface area (Å²) in [5, 5.41) is 8.87. The molecule has 2 rings (SSSR count). The van der Waals surface area contributed by atoms with Gasteiger partial charge in [0.2, 0.25) is 0 Å². The maximum Gasteiger partial charge on any atom is 0.166 e. The number of pyridine rings is 1. The molecule has 0 spiro atoms. The highest BCUT2D eigenvalue weighted by atomic mass is 19.2. The number of benzene rings is 1. The third-order valence-corrected chi connectivity index (χ3v) is 2.39. The van der Waals surface area contributed by atoms with Gasteiger partial charge in [-0.05, 0) is 18.2 Å². The monoisotopic (exact) mass is 236 g/mol. The van der Waals surface area contributed by atoms with E-state index in [1.54, 1.807) is 0 Å². The molecule has 2 aromatic rings. The summed E-state index contributed by atoms with van der Waals surface area (Å²) in [7, 11) is 0. The van der Waals surface area contributed by atoms with Crippen LogP contribution in [0.25, 0.3) is 11.1 Å². The molecule has 1 aromatic heterocycles. The van der Waals surface area contributed by atoms with Crippen molar-refractivity contribution >= 4 is 5.82 Å². The Labute approximate surface area is 96.5 Å². The van der Waals surface area contributed by atoms with E-state index in [1.165, 1.54) is 24.3 Å². The normalized spacial score (nSPS) is 10.5. The summed E-state index contributed by atoms with van der Waals surface area (Å²) in [4.78, 5) is 3.88. The Kier molecular flexibility index (Phi) is 3.01. The van der Waals surface area contributed by atoms with Crippen LogP contribution in [0.15, 0.2) is 30.3 Å². The summed E-state index contributed by atoms with van der Waals surface area (Å²) < 4.78 is 26.6. The van der Waals surface area contributed by atoms with Gasteiger partial charge in [0.1, 0.15) is 5.82 Å². The molecular formula is C12H10F2N2O. The minimum Gasteiger partial charge on any atom is -0.390 e. The van der Waals surface area contributed by atoms with Crippen LogP contribution in [0.4, 0.5) is 14.6 Å². The highest BCUT2D eigenvalue weighted by molar-refractivity contribution is 5.74. The molecule has 0 radical (unpaired) electrons. The van der Waals surface area contributed by atoms with Gasteiger partial charge in [0.15, 0.2) is 11.6 Å². The van der Waals surface area contributed by atoms with Crippen molar-refractivity contribution in [1.29, 1.82) is 0 Å². The Bertz CT molecular complexity index is 558. The van der Waals surface area contributed by atoms with E-state index in [1.807, 2.05) is 0 Å². The number of aliphatic hydroxyl groups is 1. The van der Waals surface area contributed by atoms with Crippen molar-refractivity contribution in [1.82, 2.24) is 4.98 Å². The largest absolute Gasteiger partial charge is 0.390 e. The number of hydrogen-bond acceptors (Lipinski definition) is 3. The first-order valence-corrected chi connectivity index (χ1v) is 4.94. The molecule has 1 aromatic carbocycles. The summed E-state index contributed by atoms with van der Waals surface area (Å²) >= 11 is 0. The molecular weight excluding hydrogens is 226 g/mol. The smallest absolute Gasteiger partial charge is 0.166 e. The van der Waals surface area contributed by atoms with E-state index in [-0.39, 0.29) is 18.0 Å². The van der Waals surface area contributed by atoms with Crippen molar-refractivity contribution in [2.24, 2.45) is 0 Å². The lowest BCUT2D eigenvalue weighted by Crippen LogP contribution is -2.00. The molecule has 88 valence electrons. The van der Waals surface area contributed by atoms with Crippen LogP contribution >= 0.6 is 0 Å². The third-order valence-electron chi connectivity index (χ3n) is 2.39. The van der Waals surface area contributed by atoms with Crippen LogP contribution in [0.2, 0.25) is 0 Å². The van der Waals surface area contributed by atoms with Crippen molar-refractivity contribution < 1.29 is 13.9 Å². The van der Waals surface area contributed by atoms with Gasteiger partial charge in [-0.1, -0.05) is 12.1 Å². The summed E-state index contributed by atoms with van der Waals surface area (Å²) in [6, 6.07) is 6.86. The molecule has 3 nitrogen and oxygen atoms in total. The van der Waals surface area contributed by atoms with Gasteiger partial charge in [0, 0.05) is 11.1 Å². The Morgan fingerprint density at radius 1 is 1.12 bits per heavy atom. The van der Waals surface area contributed by atoms with Crippen molar-refractivity contribution in [2.75, 3.05) is 5.73 Å². The number of anilines is 1. The van der Waals surface area contributed by atoms with Gasteiger partial charge in [-0.3, -0.25) is 0 Å². The van der Waals surface area contributed by atoms with E-state index in [0.717, 1.165) is 6.07 Å². The lowest BCUT2D eigenvalue weighted by atomic mass is 10.1. The number of aliphatic hydroxyl groups excluding tert-OH is 1. The van der Waals surface area contributed by atoms with Gasteiger partial charge >= 0.3 is 0 Å². The molecule has 0 aliphatic heterocycles. The Hall–Kier alpha value is -2.01. The predicted molar refractivity (Wildman–Crippen MR) is 59.9 cm³/mol. The molecule has 0 aliphatic carbocycles. The van der Waals surface area contributed by atoms with Crippen molar-refractivity contribution in [2.45, 2.75) is 6.61 Å². The molecule has 0 unspecified atom stereocenters. The summed E-state index contributed by atoms with van der Waals surface area (Å²) in [5.74, 6) is -1.84. The first-order valence-electron chi connectivity index (χ1n) is 4.94. The maximum absolute atomic E-state index is 13.5. The first kappa shape index (κ1) is 11.5. The zero-order valence-electron chi connectivity index (χ0n) is 8.82. The zero-order chi connectivity index (χ0) is 12.4. The van der Waals surface area contributed by atoms with Gasteiger partial charge in [-0.25, -0.2) is 13.8 Å². The van der Waals surface area contributed by atoms with Crippen molar-refractivity contribution in [3.8, 4) is 11.1 Å². The van der Waals surface area contributed by atoms with Crippen LogP contribution < -0.4 is 5.73 Å². The Morgan fingerprint density at radius 2 is 1.88 bits per heavy atom. The second kappa shape index (κ2) is 4.47. The average molecular weight is 236 g/mol. The van der Waals surface area contributed by atoms with Crippen LogP contribution in [0, 0.1) is 11.6 Å². The van der Waals surface area contributed by atoms with E-state index in [4.69, 9.17) is 10.8 Å². The molecule has 0 atom stereocenters. The van der Waals surface area contributed by atoms with Gasteiger partial charge < -0.3 is 10.8 Å². The van der Waals surface area contributed by atoms with Gasteiger partial charge in [-0.15, -0.1) is 0 Å². The molecule has 0 fully saturated rings. The third kappa shape index (κ3) is 2.09. The van der Waals surface area contributed by atoms with Crippen molar-refractivity contribution in [3.63, 3.8) is 0 Å². The number of rotatable bonds is 2. The Morgan fingerprint density at radius 3 is 2.53 bits per heavy atom. The number of nitrogen functional groups attached to an aromatic ring is 1. The predicted octanol–water partition coefficient (Wildman–Crippen LogP) is 2.10. The molecule has 0 bridgehead atoms. The van der Waals surface area contributed by atoms with Crippen LogP contribution in [0.5, 0.6) is 0 Å². The van der Waals surface area contributed by atoms with E-state index in [0.29, 0.717) is 11.3 Å². The number of nitrogens with two attached hydrogens (primary N) is 1. The van der Waals surface area contributed by atoms with Crippen LogP contribution in [-0.4, -0.2) is 10.1 Å². The molecule has 5 heteroatoms. The van der Waals surface area contributed by atoms with Crippen molar-refractivity contribution in [3.05, 3.63) is 47.7 Å². The number of hydrogen-bond donors (Lipinski definition) is 2. The molecule has 0 aliphatic rings. The Balaban J connectivity index is 2.57. The number of nitrogens with zero attached hydrogens (tertiary/aromatic N) is 1. The van der Waals surface area contributed by atoms with Crippen LogP contribution in [0.3, 0.4) is 0 Å². The topological polar surface area (TPSA) is 59.1 Å². The molecule has 0 saturated carbocycles. The van der Waals surface area contributed by atoms with Crippen LogP contribution in [-0.2, 0) is 6.61 Å². The second-order valence-electron chi connectivity index (χ2n) is 3.49. The van der Waals surface area contributed by atoms with Crippen LogP contribution in [0.1, 0.15) is 5.69 Å². The van der Waals surface area contributed by atoms with E-state index >= 15 is 0 Å². The maximum atomic E-state index is 13.5. The fourth-order valence-corrected chi connectivity index (χ4v) is 1.54. The minimum atomic E-state index is -0.960. The lowest BCUT2D eigenvalue weighted by molar-refractivity contribution is 0.277. The number of halogens is 2. The first-order chi connectivity index (χ1) is 8.13. The SMILES string of the molecule is Nc1nc(CO)ccc1-c1cccc(F)c1F. The number of aromatic nitrogens is 1. The molecule has 0 saturated heterocycles. The second-order valence-corrected chi connectivity index (χ2v) is 3.49. The van der Waals surface area contributed by atoms with E-state index in [9.17, 15) is 8.78 Å². The lowest BCUT2D eigenvalue weighted by Gasteiger charge is -2.07. The summed E-state index contributed by atoms with van der Waals surface area (Å²) in [6.07, 6.45) is 0. The van der Waals surface area contributed by atoms with E-state index < -0.39 is 11.6 Å². The van der Waals surface area contributed by atoms with E-state index in [2.05, 4.69) is 4.98 Å². The summed E-state index contributed by atoms with van der Waals surface area (Å²) in [5.41, 5.74) is 6.37. The average Bonchev–Trinajstić information content (AvgIpc) is 2.33. The van der Waals surface area contributed by atoms with Gasteiger partial charge in [-0.2, -0.15) is 0 Å². The zero-order valence-corrected chi connectivity index (χ0v) is 8.82. The molecule has 3 N–H and O–H groups in total. The molecule has 17 heavy (non-hydrogen) atoms. The minimum absolute atomic E-state index is 0.0551. The molecule has 1 heterocycles. The fourth-order valence-electron chi connectivity index (χ4n) is 1.54.